The van der Waals surface area contributed by atoms with E-state index in [4.69, 9.17) is 22.1 Å². The lowest BCUT2D eigenvalue weighted by Crippen LogP contribution is -2.22. The Morgan fingerprint density at radius 2 is 1.71 bits per heavy atom. The Hall–Kier alpha value is -3.68. The molecule has 1 aromatic heterocycles. The average Bonchev–Trinajstić information content (AvgIpc) is 3.46. The maximum Gasteiger partial charge on any atom is 0.289 e. The largest absolute Gasteiger partial charge is 0.489 e. The van der Waals surface area contributed by atoms with Gasteiger partial charge in [-0.15, -0.1) is 0 Å². The van der Waals surface area contributed by atoms with E-state index >= 15 is 0 Å². The van der Waals surface area contributed by atoms with Crippen molar-refractivity contribution in [3.8, 4) is 16.9 Å². The first-order valence-electron chi connectivity index (χ1n) is 14.9. The van der Waals surface area contributed by atoms with Crippen molar-refractivity contribution in [2.45, 2.75) is 64.5 Å². The summed E-state index contributed by atoms with van der Waals surface area (Å²) in [6.07, 6.45) is 9.70. The summed E-state index contributed by atoms with van der Waals surface area (Å²) in [6.45, 7) is 7.97. The molecule has 0 bridgehead atoms. The first-order valence-corrected chi connectivity index (χ1v) is 15.3. The monoisotopic (exact) mass is 586 g/mol. The van der Waals surface area contributed by atoms with Crippen molar-refractivity contribution in [2.75, 3.05) is 19.6 Å². The molecule has 0 unspecified atom stereocenters. The number of likely N-dealkylation sites (tertiary alicyclic amines) is 1. The first-order chi connectivity index (χ1) is 20.3. The fraction of sp³-hybridized carbons (Fsp3) is 0.382. The van der Waals surface area contributed by atoms with Gasteiger partial charge in [-0.3, -0.25) is 14.3 Å². The van der Waals surface area contributed by atoms with Crippen LogP contribution in [0.3, 0.4) is 0 Å². The number of carbonyl (C=O) groups is 2. The third-order valence-electron chi connectivity index (χ3n) is 7.74. The molecule has 42 heavy (non-hydrogen) atoms. The minimum absolute atomic E-state index is 0.276. The summed E-state index contributed by atoms with van der Waals surface area (Å²) in [7, 11) is 0. The van der Waals surface area contributed by atoms with Crippen molar-refractivity contribution in [1.82, 2.24) is 14.7 Å². The number of hydrogen-bond donors (Lipinski definition) is 1. The van der Waals surface area contributed by atoms with Crippen LogP contribution < -0.4 is 10.5 Å². The van der Waals surface area contributed by atoms with Crippen LogP contribution in [0.1, 0.15) is 67.9 Å². The van der Waals surface area contributed by atoms with Gasteiger partial charge in [-0.2, -0.15) is 5.10 Å². The van der Waals surface area contributed by atoms with Crippen LogP contribution in [0, 0.1) is 0 Å². The third kappa shape index (κ3) is 7.58. The molecule has 7 nitrogen and oxygen atoms in total. The van der Waals surface area contributed by atoms with E-state index in [2.05, 4.69) is 42.0 Å². The number of aromatic nitrogens is 2. The Morgan fingerprint density at radius 3 is 2.36 bits per heavy atom. The molecule has 1 saturated carbocycles. The van der Waals surface area contributed by atoms with Crippen LogP contribution in [-0.4, -0.2) is 52.1 Å². The second-order valence-electron chi connectivity index (χ2n) is 11.5. The summed E-state index contributed by atoms with van der Waals surface area (Å²) in [5.41, 5.74) is 9.69. The normalized spacial score (nSPS) is 15.0. The third-order valence-corrected chi connectivity index (χ3v) is 8.04. The Labute approximate surface area is 252 Å². The first kappa shape index (κ1) is 29.8. The summed E-state index contributed by atoms with van der Waals surface area (Å²) >= 11 is 6.27. The van der Waals surface area contributed by atoms with Gasteiger partial charge in [-0.25, -0.2) is 0 Å². The zero-order valence-electron chi connectivity index (χ0n) is 24.4. The molecule has 3 aromatic carbocycles. The summed E-state index contributed by atoms with van der Waals surface area (Å²) in [5.74, 6) is -0.766. The summed E-state index contributed by atoms with van der Waals surface area (Å²) in [4.78, 5) is 25.1. The fourth-order valence-electron chi connectivity index (χ4n) is 5.26. The molecule has 2 N–H and O–H groups in total. The van der Waals surface area contributed by atoms with Gasteiger partial charge in [-0.1, -0.05) is 54.1 Å². The molecular formula is C34H39ClN4O3. The van der Waals surface area contributed by atoms with Crippen molar-refractivity contribution in [2.24, 2.45) is 5.73 Å². The van der Waals surface area contributed by atoms with E-state index < -0.39 is 11.7 Å². The van der Waals surface area contributed by atoms with Crippen LogP contribution in [0.15, 0.2) is 66.9 Å². The smallest absolute Gasteiger partial charge is 0.289 e. The maximum atomic E-state index is 11.6. The lowest BCUT2D eigenvalue weighted by Gasteiger charge is -2.14. The number of rotatable bonds is 10. The van der Waals surface area contributed by atoms with Crippen LogP contribution in [0.4, 0.5) is 0 Å². The number of primary amides is 1. The predicted octanol–water partition coefficient (Wildman–Crippen LogP) is 6.86. The Bertz CT molecular complexity index is 1540. The maximum absolute atomic E-state index is 11.6. The van der Waals surface area contributed by atoms with E-state index in [0.717, 1.165) is 39.2 Å². The molecule has 8 heteroatoms. The lowest BCUT2D eigenvalue weighted by atomic mass is 10.0. The number of hydrogen-bond acceptors (Lipinski definition) is 5. The number of amides is 1. The number of halogens is 1. The standard InChI is InChI=1S/C18H17N3O2.C16H22ClNO/c1-11(2)21-16-9-14(7-8-15(16)10-20-21)12-3-5-13(6-4-12)17(22)18(19)23;17-15-12-13(4-3-11-18-9-1-2-10-18)5-8-16(15)19-14-6-7-14/h3-11H,1-2H3,(H2,19,23);5,8,12,14H,1-4,6-7,9-11H2. The number of ether oxygens (including phenoxy) is 1. The topological polar surface area (TPSA) is 90.4 Å². The van der Waals surface area contributed by atoms with Crippen LogP contribution >= 0.6 is 11.6 Å². The fourth-order valence-corrected chi connectivity index (χ4v) is 5.51. The molecule has 1 amide bonds. The molecule has 6 rings (SSSR count). The molecule has 1 aliphatic heterocycles. The highest BCUT2D eigenvalue weighted by atomic mass is 35.5. The van der Waals surface area contributed by atoms with Crippen LogP contribution in [-0.2, 0) is 11.2 Å². The molecule has 220 valence electrons. The van der Waals surface area contributed by atoms with Gasteiger partial charge in [0, 0.05) is 17.0 Å². The number of nitrogens with two attached hydrogens (primary N) is 1. The van der Waals surface area contributed by atoms with E-state index in [1.54, 1.807) is 12.1 Å². The lowest BCUT2D eigenvalue weighted by molar-refractivity contribution is -0.114. The predicted molar refractivity (Wildman–Crippen MR) is 168 cm³/mol. The van der Waals surface area contributed by atoms with Gasteiger partial charge in [0.25, 0.3) is 5.91 Å². The highest BCUT2D eigenvalue weighted by molar-refractivity contribution is 6.42. The number of ketones is 1. The van der Waals surface area contributed by atoms with Crippen molar-refractivity contribution >= 4 is 34.2 Å². The van der Waals surface area contributed by atoms with Gasteiger partial charge in [0.1, 0.15) is 5.75 Å². The molecule has 2 heterocycles. The van der Waals surface area contributed by atoms with Crippen molar-refractivity contribution in [3.63, 3.8) is 0 Å². The SMILES string of the molecule is CC(C)n1ncc2ccc(-c3ccc(C(=O)C(N)=O)cc3)cc21.Clc1cc(CCCN2CCCC2)ccc1OC1CC1. The highest BCUT2D eigenvalue weighted by Crippen LogP contribution is 2.32. The number of nitrogens with zero attached hydrogens (tertiary/aromatic N) is 3. The van der Waals surface area contributed by atoms with E-state index in [9.17, 15) is 9.59 Å². The molecule has 0 radical (unpaired) electrons. The Morgan fingerprint density at radius 1 is 1.00 bits per heavy atom. The summed E-state index contributed by atoms with van der Waals surface area (Å²) < 4.78 is 7.73. The average molecular weight is 587 g/mol. The van der Waals surface area contributed by atoms with Gasteiger partial charge >= 0.3 is 0 Å². The van der Waals surface area contributed by atoms with Gasteiger partial charge in [-0.05, 0) is 107 Å². The van der Waals surface area contributed by atoms with Crippen molar-refractivity contribution < 1.29 is 14.3 Å². The quantitative estimate of drug-likeness (QED) is 0.162. The van der Waals surface area contributed by atoms with Gasteiger partial charge in [0.15, 0.2) is 0 Å². The molecule has 2 fully saturated rings. The number of carbonyl (C=O) groups excluding carboxylic acids is 2. The zero-order valence-corrected chi connectivity index (χ0v) is 25.1. The Balaban J connectivity index is 0.000000171. The van der Waals surface area contributed by atoms with Gasteiger partial charge in [0.05, 0.1) is 22.8 Å². The highest BCUT2D eigenvalue weighted by Gasteiger charge is 2.24. The molecular weight excluding hydrogens is 548 g/mol. The van der Waals surface area contributed by atoms with Crippen LogP contribution in [0.2, 0.25) is 5.02 Å². The van der Waals surface area contributed by atoms with Crippen molar-refractivity contribution in [3.05, 3.63) is 83.0 Å². The van der Waals surface area contributed by atoms with Gasteiger partial charge in [0.2, 0.25) is 5.78 Å². The summed E-state index contributed by atoms with van der Waals surface area (Å²) in [6, 6.07) is 19.5. The zero-order chi connectivity index (χ0) is 29.6. The second-order valence-corrected chi connectivity index (χ2v) is 11.9. The molecule has 1 saturated heterocycles. The number of fused-ring (bicyclic) bond motifs is 1. The van der Waals surface area contributed by atoms with Crippen molar-refractivity contribution in [1.29, 1.82) is 0 Å². The molecule has 0 spiro atoms. The van der Waals surface area contributed by atoms with E-state index in [0.29, 0.717) is 11.7 Å². The number of aryl methyl sites for hydroxylation is 1. The molecule has 1 aliphatic carbocycles. The Kier molecular flexibility index (Phi) is 9.60. The second kappa shape index (κ2) is 13.5. The van der Waals surface area contributed by atoms with Crippen LogP contribution in [0.25, 0.3) is 22.0 Å². The van der Waals surface area contributed by atoms with Gasteiger partial charge < -0.3 is 15.4 Å². The van der Waals surface area contributed by atoms with E-state index in [-0.39, 0.29) is 6.04 Å². The number of benzene rings is 3. The summed E-state index contributed by atoms with van der Waals surface area (Å²) in [5, 5.41) is 6.26. The minimum atomic E-state index is -0.944. The number of Topliss-reactive ketones (excluding diaryl/α,β-unsaturated/α-hetero) is 1. The minimum Gasteiger partial charge on any atom is -0.489 e. The molecule has 2 aliphatic rings. The van der Waals surface area contributed by atoms with E-state index in [1.807, 2.05) is 41.2 Å². The molecule has 4 aromatic rings. The van der Waals surface area contributed by atoms with Crippen LogP contribution in [0.5, 0.6) is 5.75 Å². The van der Waals surface area contributed by atoms with E-state index in [1.165, 1.54) is 57.3 Å². The molecule has 0 atom stereocenters.